The molecule has 2 N–H and O–H groups in total. The molecule has 2 aromatic rings. The van der Waals surface area contributed by atoms with E-state index in [4.69, 9.17) is 0 Å². The molecule has 0 bridgehead atoms. The van der Waals surface area contributed by atoms with Crippen molar-refractivity contribution < 1.29 is 19.5 Å². The molecule has 2 amide bonds. The van der Waals surface area contributed by atoms with Crippen LogP contribution >= 0.6 is 11.3 Å². The normalized spacial score (nSPS) is 16.0. The van der Waals surface area contributed by atoms with Crippen molar-refractivity contribution in [1.29, 1.82) is 0 Å². The van der Waals surface area contributed by atoms with Gasteiger partial charge in [0.25, 0.3) is 0 Å². The van der Waals surface area contributed by atoms with Crippen LogP contribution < -0.4 is 10.2 Å². The highest BCUT2D eigenvalue weighted by Crippen LogP contribution is 2.44. The molecule has 148 valence electrons. The Bertz CT molecular complexity index is 934. The number of hydrogen-bond donors (Lipinski definition) is 2. The van der Waals surface area contributed by atoms with Crippen LogP contribution in [-0.2, 0) is 19.8 Å². The van der Waals surface area contributed by atoms with E-state index in [2.05, 4.69) is 5.32 Å². The Morgan fingerprint density at radius 3 is 2.61 bits per heavy atom. The first-order valence-electron chi connectivity index (χ1n) is 9.09. The van der Waals surface area contributed by atoms with Crippen molar-refractivity contribution in [3.8, 4) is 0 Å². The van der Waals surface area contributed by atoms with Crippen LogP contribution in [0.25, 0.3) is 0 Å². The predicted molar refractivity (Wildman–Crippen MR) is 110 cm³/mol. The number of aryl methyl sites for hydroxylation is 1. The number of fused-ring (bicyclic) bond motifs is 1. The maximum absolute atomic E-state index is 12.6. The van der Waals surface area contributed by atoms with Gasteiger partial charge in [-0.15, -0.1) is 11.3 Å². The number of nitrogens with zero attached hydrogens (tertiary/aromatic N) is 1. The summed E-state index contributed by atoms with van der Waals surface area (Å²) < 4.78 is 0. The highest BCUT2D eigenvalue weighted by Gasteiger charge is 2.43. The Labute approximate surface area is 168 Å². The second-order valence-electron chi connectivity index (χ2n) is 7.74. The summed E-state index contributed by atoms with van der Waals surface area (Å²) in [6.07, 6.45) is -0.00531. The summed E-state index contributed by atoms with van der Waals surface area (Å²) in [4.78, 5) is 38.9. The Morgan fingerprint density at radius 2 is 2.00 bits per heavy atom. The fourth-order valence-corrected chi connectivity index (χ4v) is 4.68. The molecule has 7 heteroatoms. The van der Waals surface area contributed by atoms with Crippen LogP contribution in [0.3, 0.4) is 0 Å². The zero-order chi connectivity index (χ0) is 20.6. The van der Waals surface area contributed by atoms with Gasteiger partial charge in [0.05, 0.1) is 17.5 Å². The zero-order valence-corrected chi connectivity index (χ0v) is 17.2. The van der Waals surface area contributed by atoms with Crippen molar-refractivity contribution in [3.05, 3.63) is 45.6 Å². The average molecular weight is 401 g/mol. The van der Waals surface area contributed by atoms with Gasteiger partial charge in [-0.2, -0.15) is 0 Å². The average Bonchev–Trinajstić information content (AvgIpc) is 3.18. The van der Waals surface area contributed by atoms with Crippen LogP contribution in [0.4, 0.5) is 11.4 Å². The molecule has 1 aromatic carbocycles. The molecular formula is C21H24N2O4S. The van der Waals surface area contributed by atoms with Gasteiger partial charge < -0.3 is 15.3 Å². The largest absolute Gasteiger partial charge is 0.481 e. The summed E-state index contributed by atoms with van der Waals surface area (Å²) in [5.74, 6) is -1.51. The molecule has 0 fully saturated rings. The number of benzene rings is 1. The monoisotopic (exact) mass is 400 g/mol. The van der Waals surface area contributed by atoms with E-state index in [1.54, 1.807) is 11.9 Å². The number of nitrogens with one attached hydrogen (secondary N) is 1. The quantitative estimate of drug-likeness (QED) is 0.770. The van der Waals surface area contributed by atoms with Crippen LogP contribution in [0.15, 0.2) is 29.6 Å². The molecule has 28 heavy (non-hydrogen) atoms. The smallest absolute Gasteiger partial charge is 0.304 e. The number of carbonyl (C=O) groups excluding carboxylic acids is 2. The number of rotatable bonds is 6. The third-order valence-corrected chi connectivity index (χ3v) is 6.27. The van der Waals surface area contributed by atoms with Crippen LogP contribution in [-0.4, -0.2) is 29.9 Å². The van der Waals surface area contributed by atoms with E-state index < -0.39 is 11.4 Å². The lowest BCUT2D eigenvalue weighted by molar-refractivity contribution is -0.137. The number of thiophene rings is 1. The van der Waals surface area contributed by atoms with Crippen LogP contribution in [0, 0.1) is 6.92 Å². The molecule has 1 aromatic heterocycles. The molecule has 1 unspecified atom stereocenters. The molecule has 2 heterocycles. The minimum atomic E-state index is -0.928. The van der Waals surface area contributed by atoms with Crippen molar-refractivity contribution in [2.24, 2.45) is 0 Å². The van der Waals surface area contributed by atoms with E-state index in [9.17, 15) is 19.5 Å². The van der Waals surface area contributed by atoms with Gasteiger partial charge >= 0.3 is 5.97 Å². The first-order valence-corrected chi connectivity index (χ1v) is 9.97. The number of amides is 2. The van der Waals surface area contributed by atoms with Crippen molar-refractivity contribution in [3.63, 3.8) is 0 Å². The van der Waals surface area contributed by atoms with Gasteiger partial charge in [0.2, 0.25) is 11.8 Å². The molecule has 1 atom stereocenters. The molecule has 6 nitrogen and oxygen atoms in total. The second kappa shape index (κ2) is 7.39. The first kappa shape index (κ1) is 20.1. The summed E-state index contributed by atoms with van der Waals surface area (Å²) in [6, 6.07) is 7.40. The number of likely N-dealkylation sites (N-methyl/N-ethyl adjacent to an activating group) is 1. The lowest BCUT2D eigenvalue weighted by Gasteiger charge is -2.18. The molecule has 0 aliphatic carbocycles. The van der Waals surface area contributed by atoms with Gasteiger partial charge in [-0.05, 0) is 55.5 Å². The van der Waals surface area contributed by atoms with Crippen LogP contribution in [0.5, 0.6) is 0 Å². The zero-order valence-electron chi connectivity index (χ0n) is 16.4. The van der Waals surface area contributed by atoms with E-state index in [0.717, 1.165) is 21.7 Å². The van der Waals surface area contributed by atoms with E-state index >= 15 is 0 Å². The molecule has 0 spiro atoms. The Balaban J connectivity index is 1.81. The number of carbonyl (C=O) groups is 3. The maximum Gasteiger partial charge on any atom is 0.304 e. The Kier molecular flexibility index (Phi) is 5.30. The first-order chi connectivity index (χ1) is 13.1. The topological polar surface area (TPSA) is 86.7 Å². The van der Waals surface area contributed by atoms with Gasteiger partial charge in [0.15, 0.2) is 0 Å². The summed E-state index contributed by atoms with van der Waals surface area (Å²) in [6.45, 7) is 5.67. The van der Waals surface area contributed by atoms with E-state index in [1.807, 2.05) is 50.4 Å². The van der Waals surface area contributed by atoms with Crippen molar-refractivity contribution in [2.75, 3.05) is 17.3 Å². The van der Waals surface area contributed by atoms with Crippen molar-refractivity contribution in [1.82, 2.24) is 0 Å². The van der Waals surface area contributed by atoms with Gasteiger partial charge in [-0.3, -0.25) is 14.4 Å². The van der Waals surface area contributed by atoms with E-state index in [-0.39, 0.29) is 30.6 Å². The highest BCUT2D eigenvalue weighted by atomic mass is 32.1. The Hall–Kier alpha value is -2.67. The third kappa shape index (κ3) is 3.67. The number of hydrogen-bond acceptors (Lipinski definition) is 4. The van der Waals surface area contributed by atoms with E-state index in [0.29, 0.717) is 5.69 Å². The highest BCUT2D eigenvalue weighted by molar-refractivity contribution is 7.10. The second-order valence-corrected chi connectivity index (χ2v) is 8.72. The number of anilines is 2. The van der Waals surface area contributed by atoms with Gasteiger partial charge in [-0.25, -0.2) is 0 Å². The molecular weight excluding hydrogens is 376 g/mol. The number of aliphatic carboxylic acids is 1. The number of carboxylic acids is 1. The number of carboxylic acid groups (broad SMARTS) is 1. The van der Waals surface area contributed by atoms with Crippen LogP contribution in [0.2, 0.25) is 0 Å². The molecule has 3 rings (SSSR count). The molecule has 1 aliphatic heterocycles. The third-order valence-electron chi connectivity index (χ3n) is 5.23. The van der Waals surface area contributed by atoms with Gasteiger partial charge in [0, 0.05) is 30.0 Å². The Morgan fingerprint density at radius 1 is 1.29 bits per heavy atom. The van der Waals surface area contributed by atoms with Crippen molar-refractivity contribution in [2.45, 2.75) is 44.9 Å². The van der Waals surface area contributed by atoms with Crippen molar-refractivity contribution >= 4 is 40.5 Å². The lowest BCUT2D eigenvalue weighted by atomic mass is 9.85. The minimum Gasteiger partial charge on any atom is -0.481 e. The minimum absolute atomic E-state index is 0.0216. The lowest BCUT2D eigenvalue weighted by Crippen LogP contribution is -2.33. The standard InChI is InChI=1S/C21H24N2O4S/c1-12-8-14(11-15-19(12)23(4)20(27)21(15,2)3)22-17(24)9-13(10-18(25)26)16-6-5-7-28-16/h5-8,11,13H,9-10H2,1-4H3,(H,22,24)(H,25,26). The molecule has 0 radical (unpaired) electrons. The van der Waals surface area contributed by atoms with Gasteiger partial charge in [0.1, 0.15) is 0 Å². The summed E-state index contributed by atoms with van der Waals surface area (Å²) >= 11 is 1.45. The molecule has 0 saturated carbocycles. The SMILES string of the molecule is Cc1cc(NC(=O)CC(CC(=O)O)c2cccs2)cc2c1N(C)C(=O)C2(C)C. The summed E-state index contributed by atoms with van der Waals surface area (Å²) in [5.41, 5.74) is 2.65. The predicted octanol–water partition coefficient (Wildman–Crippen LogP) is 3.90. The summed E-state index contributed by atoms with van der Waals surface area (Å²) in [7, 11) is 1.76. The fourth-order valence-electron chi connectivity index (χ4n) is 3.85. The molecule has 1 aliphatic rings. The maximum atomic E-state index is 12.6. The van der Waals surface area contributed by atoms with Crippen LogP contribution in [0.1, 0.15) is 48.6 Å². The van der Waals surface area contributed by atoms with E-state index in [1.165, 1.54) is 11.3 Å². The fraction of sp³-hybridized carbons (Fsp3) is 0.381. The summed E-state index contributed by atoms with van der Waals surface area (Å²) in [5, 5.41) is 13.9. The van der Waals surface area contributed by atoms with Gasteiger partial charge in [-0.1, -0.05) is 6.07 Å². The molecule has 0 saturated heterocycles.